The van der Waals surface area contributed by atoms with Crippen LogP contribution in [-0.4, -0.2) is 55.3 Å². The smallest absolute Gasteiger partial charge is 0.0466 e. The van der Waals surface area contributed by atoms with Crippen molar-refractivity contribution in [2.24, 2.45) is 0 Å². The Kier molecular flexibility index (Phi) is 2590. The second kappa shape index (κ2) is 204. The van der Waals surface area contributed by atoms with Crippen LogP contribution in [0.3, 0.4) is 0 Å². The summed E-state index contributed by atoms with van der Waals surface area (Å²) in [5.41, 5.74) is 0. The quantitative estimate of drug-likeness (QED) is 0.422. The molecule has 15 radical (unpaired) electrons. The lowest BCUT2D eigenvalue weighted by atomic mass is 10.4. The van der Waals surface area contributed by atoms with Gasteiger partial charge in [-0.2, -0.15) is 0 Å². The Balaban J connectivity index is -0.00000000149. The molecule has 1 aliphatic heterocycles. The van der Waals surface area contributed by atoms with E-state index in [0.717, 1.165) is 13.2 Å². The summed E-state index contributed by atoms with van der Waals surface area (Å²) in [6, 6.07) is 0. The molecule has 0 aromatic heterocycles. The first-order valence-electron chi connectivity index (χ1n) is 2.08. The van der Waals surface area contributed by atoms with Crippen molar-refractivity contribution in [1.29, 1.82) is 0 Å². The SMILES string of the molecule is C.C.C.C.C1CCOC1.N.N.N.N.N.[B].[B].[B].[B].[B]. The van der Waals surface area contributed by atoms with Crippen LogP contribution >= 0.6 is 0 Å². The molecule has 1 heterocycles. The molecule has 117 valence electrons. The summed E-state index contributed by atoms with van der Waals surface area (Å²) in [7, 11) is 0. The molecular weight excluding hydrogens is 236 g/mol. The highest BCUT2D eigenvalue weighted by Crippen LogP contribution is 1.98. The number of rotatable bonds is 0. The summed E-state index contributed by atoms with van der Waals surface area (Å²) in [5.74, 6) is 0. The highest BCUT2D eigenvalue weighted by Gasteiger charge is 1.94. The molecule has 1 rings (SSSR count). The zero-order chi connectivity index (χ0) is 3.54. The van der Waals surface area contributed by atoms with Crippen LogP contribution in [-0.2, 0) is 4.74 Å². The minimum absolute atomic E-state index is 0. The van der Waals surface area contributed by atoms with Crippen LogP contribution in [0.1, 0.15) is 42.5 Å². The molecule has 0 saturated carbocycles. The fraction of sp³-hybridized carbons (Fsp3) is 1.00. The molecule has 6 nitrogen and oxygen atoms in total. The van der Waals surface area contributed by atoms with Gasteiger partial charge in [0.1, 0.15) is 0 Å². The molecule has 0 aliphatic carbocycles. The maximum absolute atomic E-state index is 4.94. The molecule has 0 amide bonds. The summed E-state index contributed by atoms with van der Waals surface area (Å²) in [6.45, 7) is 2.00. The van der Waals surface area contributed by atoms with Gasteiger partial charge in [0, 0.05) is 55.3 Å². The Morgan fingerprint density at radius 1 is 0.421 bits per heavy atom. The summed E-state index contributed by atoms with van der Waals surface area (Å²) < 4.78 is 4.94. The molecule has 1 saturated heterocycles. The number of hydrogen-bond donors (Lipinski definition) is 5. The lowest BCUT2D eigenvalue weighted by Gasteiger charge is -1.76. The van der Waals surface area contributed by atoms with Crippen LogP contribution in [0.2, 0.25) is 0 Å². The van der Waals surface area contributed by atoms with E-state index < -0.39 is 0 Å². The first-order chi connectivity index (χ1) is 2.50. The lowest BCUT2D eigenvalue weighted by Crippen LogP contribution is -1.74. The third-order valence-electron chi connectivity index (χ3n) is 0.827. The van der Waals surface area contributed by atoms with E-state index in [9.17, 15) is 0 Å². The first kappa shape index (κ1) is 241. The van der Waals surface area contributed by atoms with Crippen LogP contribution < -0.4 is 30.8 Å². The molecule has 1 aliphatic rings. The van der Waals surface area contributed by atoms with E-state index in [0.29, 0.717) is 0 Å². The van der Waals surface area contributed by atoms with Gasteiger partial charge in [-0.15, -0.1) is 0 Å². The zero-order valence-corrected chi connectivity index (χ0v) is 9.66. The first-order valence-corrected chi connectivity index (χ1v) is 2.08. The molecular formula is C8H39B5N5O. The van der Waals surface area contributed by atoms with Gasteiger partial charge < -0.3 is 35.5 Å². The van der Waals surface area contributed by atoms with Gasteiger partial charge in [-0.1, -0.05) is 29.7 Å². The molecule has 0 spiro atoms. The minimum atomic E-state index is 0. The van der Waals surface area contributed by atoms with Gasteiger partial charge in [-0.3, -0.25) is 0 Å². The highest BCUT2D eigenvalue weighted by molar-refractivity contribution is 5.76. The van der Waals surface area contributed by atoms with Gasteiger partial charge in [0.05, 0.1) is 0 Å². The second-order valence-corrected chi connectivity index (χ2v) is 1.32. The van der Waals surface area contributed by atoms with Crippen LogP contribution in [0, 0.1) is 0 Å². The molecule has 0 unspecified atom stereocenters. The average Bonchev–Trinajstić information content (AvgIpc) is 1.76. The van der Waals surface area contributed by atoms with E-state index >= 15 is 0 Å². The van der Waals surface area contributed by atoms with E-state index in [-0.39, 0.29) is 103 Å². The highest BCUT2D eigenvalue weighted by atomic mass is 16.5. The lowest BCUT2D eigenvalue weighted by molar-refractivity contribution is 0.198. The third kappa shape index (κ3) is 181. The number of hydrogen-bond acceptors (Lipinski definition) is 6. The van der Waals surface area contributed by atoms with Gasteiger partial charge in [-0.05, 0) is 12.8 Å². The minimum Gasteiger partial charge on any atom is -0.381 e. The molecule has 11 heteroatoms. The van der Waals surface area contributed by atoms with Gasteiger partial charge in [-0.25, -0.2) is 0 Å². The van der Waals surface area contributed by atoms with Crippen molar-refractivity contribution in [3.05, 3.63) is 0 Å². The molecule has 15 N–H and O–H groups in total. The van der Waals surface area contributed by atoms with Crippen molar-refractivity contribution < 1.29 is 4.74 Å². The van der Waals surface area contributed by atoms with E-state index in [1.807, 2.05) is 0 Å². The monoisotopic (exact) mass is 276 g/mol. The Morgan fingerprint density at radius 2 is 0.579 bits per heavy atom. The molecule has 0 aromatic carbocycles. The van der Waals surface area contributed by atoms with Crippen LogP contribution in [0.5, 0.6) is 0 Å². The molecule has 0 bridgehead atoms. The van der Waals surface area contributed by atoms with E-state index in [1.165, 1.54) is 12.8 Å². The Morgan fingerprint density at radius 3 is 0.632 bits per heavy atom. The summed E-state index contributed by atoms with van der Waals surface area (Å²) in [4.78, 5) is 0. The van der Waals surface area contributed by atoms with E-state index in [1.54, 1.807) is 0 Å². The molecule has 1 fully saturated rings. The second-order valence-electron chi connectivity index (χ2n) is 1.32. The van der Waals surface area contributed by atoms with Crippen molar-refractivity contribution in [2.75, 3.05) is 13.2 Å². The van der Waals surface area contributed by atoms with Crippen LogP contribution in [0.4, 0.5) is 0 Å². The van der Waals surface area contributed by atoms with Crippen molar-refractivity contribution in [2.45, 2.75) is 42.5 Å². The summed E-state index contributed by atoms with van der Waals surface area (Å²) in [5, 5.41) is 0. The van der Waals surface area contributed by atoms with Crippen molar-refractivity contribution in [1.82, 2.24) is 30.8 Å². The van der Waals surface area contributed by atoms with Gasteiger partial charge in [0.2, 0.25) is 0 Å². The Labute approximate surface area is 134 Å². The van der Waals surface area contributed by atoms with Gasteiger partial charge in [0.15, 0.2) is 0 Å². The predicted molar refractivity (Wildman–Crippen MR) is 101 cm³/mol. The van der Waals surface area contributed by atoms with Crippen molar-refractivity contribution in [3.63, 3.8) is 0 Å². The maximum Gasteiger partial charge on any atom is 0.0466 e. The zero-order valence-electron chi connectivity index (χ0n) is 9.66. The van der Waals surface area contributed by atoms with Gasteiger partial charge in [0.25, 0.3) is 0 Å². The Bertz CT molecular complexity index is 45.1. The normalized spacial score (nSPS) is 6.32. The fourth-order valence-electron chi connectivity index (χ4n) is 0.510. The predicted octanol–water partition coefficient (Wildman–Crippen LogP) is 2.25. The third-order valence-corrected chi connectivity index (χ3v) is 0.827. The topological polar surface area (TPSA) is 184 Å². The molecule has 0 aromatic rings. The fourth-order valence-corrected chi connectivity index (χ4v) is 0.510. The van der Waals surface area contributed by atoms with Gasteiger partial charge >= 0.3 is 0 Å². The Hall–Kier alpha value is 0.0847. The summed E-state index contributed by atoms with van der Waals surface area (Å²) >= 11 is 0. The average molecular weight is 275 g/mol. The van der Waals surface area contributed by atoms with Crippen molar-refractivity contribution in [3.8, 4) is 0 Å². The van der Waals surface area contributed by atoms with Crippen LogP contribution in [0.25, 0.3) is 0 Å². The van der Waals surface area contributed by atoms with Crippen LogP contribution in [0.15, 0.2) is 0 Å². The van der Waals surface area contributed by atoms with E-state index in [4.69, 9.17) is 4.74 Å². The van der Waals surface area contributed by atoms with E-state index in [2.05, 4.69) is 0 Å². The summed E-state index contributed by atoms with van der Waals surface area (Å²) in [6.07, 6.45) is 2.56. The molecule has 19 heavy (non-hydrogen) atoms. The standard InChI is InChI=1S/C4H8O.4CH4.5B.5H3N/c1-2-4-5-3-1;;;;;;;;;;;;;;/h1-4H2;4*1H4;;;;;;5*1H3. The molecule has 0 atom stereocenters. The maximum atomic E-state index is 4.94. The number of ether oxygens (including phenoxy) is 1. The van der Waals surface area contributed by atoms with Crippen molar-refractivity contribution >= 4 is 42.1 Å². The largest absolute Gasteiger partial charge is 0.381 e.